The van der Waals surface area contributed by atoms with Gasteiger partial charge in [0.1, 0.15) is 35.3 Å². The van der Waals surface area contributed by atoms with Crippen LogP contribution in [0.15, 0.2) is 48.5 Å². The van der Waals surface area contributed by atoms with E-state index >= 15 is 0 Å². The number of nitrogens with zero attached hydrogens (tertiary/aromatic N) is 1. The fourth-order valence-electron chi connectivity index (χ4n) is 3.11. The molecular formula is C28H34N2O11. The number of rotatable bonds is 10. The zero-order valence-electron chi connectivity index (χ0n) is 23.8. The van der Waals surface area contributed by atoms with Crippen molar-refractivity contribution in [2.75, 3.05) is 0 Å². The molecule has 0 radical (unpaired) electrons. The molecule has 41 heavy (non-hydrogen) atoms. The number of ether oxygens (including phenoxy) is 5. The standard InChI is InChI=1S/C28H34N2O11/c1-27(2,3)40-23(31)16-15-22(24(32)41-28(4,5)6)29-25(33)38-20-11-7-18(8-12-20)17-37-26(34)39-21-13-9-19(10-14-21)30(35)36/h7-14,22H,15-17H2,1-6H3,(H,29,33)/t22-/m0/s1. The SMILES string of the molecule is CC(C)(C)OC(=O)CC[C@H](NC(=O)Oc1ccc(COC(=O)Oc2ccc([N+](=O)[O-])cc2)cc1)C(=O)OC(C)(C)C. The van der Waals surface area contributed by atoms with Gasteiger partial charge < -0.3 is 29.0 Å². The third-order valence-electron chi connectivity index (χ3n) is 4.78. The number of hydrogen-bond donors (Lipinski definition) is 1. The molecule has 0 unspecified atom stereocenters. The van der Waals surface area contributed by atoms with Gasteiger partial charge in [-0.25, -0.2) is 14.4 Å². The van der Waals surface area contributed by atoms with E-state index in [1.165, 1.54) is 48.5 Å². The second-order valence-corrected chi connectivity index (χ2v) is 10.8. The first kappa shape index (κ1) is 32.5. The quantitative estimate of drug-likeness (QED) is 0.130. The lowest BCUT2D eigenvalue weighted by atomic mass is 10.1. The number of hydrogen-bond acceptors (Lipinski definition) is 11. The van der Waals surface area contributed by atoms with Crippen LogP contribution in [0.2, 0.25) is 0 Å². The third kappa shape index (κ3) is 12.8. The summed E-state index contributed by atoms with van der Waals surface area (Å²) in [5.74, 6) is -1.05. The van der Waals surface area contributed by atoms with Crippen LogP contribution in [0.4, 0.5) is 15.3 Å². The predicted octanol–water partition coefficient (Wildman–Crippen LogP) is 5.23. The number of benzene rings is 2. The van der Waals surface area contributed by atoms with E-state index in [1.54, 1.807) is 41.5 Å². The van der Waals surface area contributed by atoms with E-state index in [2.05, 4.69) is 5.32 Å². The summed E-state index contributed by atoms with van der Waals surface area (Å²) in [6.45, 7) is 10.0. The summed E-state index contributed by atoms with van der Waals surface area (Å²) in [5.41, 5.74) is -1.13. The van der Waals surface area contributed by atoms with Crippen LogP contribution in [0, 0.1) is 10.1 Å². The van der Waals surface area contributed by atoms with E-state index in [-0.39, 0.29) is 36.6 Å². The molecule has 2 aromatic carbocycles. The maximum absolute atomic E-state index is 12.7. The zero-order valence-corrected chi connectivity index (χ0v) is 23.8. The molecule has 0 bridgehead atoms. The summed E-state index contributed by atoms with van der Waals surface area (Å²) < 4.78 is 25.8. The van der Waals surface area contributed by atoms with Crippen LogP contribution in [-0.4, -0.2) is 46.4 Å². The molecule has 0 spiro atoms. The Kier molecular flexibility index (Phi) is 11.2. The molecule has 0 fully saturated rings. The number of carbonyl (C=O) groups excluding carboxylic acids is 4. The minimum Gasteiger partial charge on any atom is -0.460 e. The van der Waals surface area contributed by atoms with Crippen molar-refractivity contribution in [1.29, 1.82) is 0 Å². The number of nitro groups is 1. The van der Waals surface area contributed by atoms with Gasteiger partial charge in [-0.05, 0) is 77.8 Å². The minimum absolute atomic E-state index is 0.0643. The monoisotopic (exact) mass is 574 g/mol. The van der Waals surface area contributed by atoms with Crippen LogP contribution in [0.5, 0.6) is 11.5 Å². The molecule has 0 heterocycles. The van der Waals surface area contributed by atoms with Crippen LogP contribution in [0.25, 0.3) is 0 Å². The van der Waals surface area contributed by atoms with E-state index in [0.29, 0.717) is 5.56 Å². The number of esters is 2. The molecule has 0 aromatic heterocycles. The molecule has 13 nitrogen and oxygen atoms in total. The molecule has 2 rings (SSSR count). The first-order chi connectivity index (χ1) is 19.0. The summed E-state index contributed by atoms with van der Waals surface area (Å²) in [5, 5.41) is 13.1. The van der Waals surface area contributed by atoms with Crippen molar-refractivity contribution in [3.63, 3.8) is 0 Å². The lowest BCUT2D eigenvalue weighted by Gasteiger charge is -2.25. The second-order valence-electron chi connectivity index (χ2n) is 10.8. The van der Waals surface area contributed by atoms with Gasteiger partial charge in [-0.15, -0.1) is 0 Å². The van der Waals surface area contributed by atoms with Crippen LogP contribution in [0.1, 0.15) is 59.9 Å². The van der Waals surface area contributed by atoms with Gasteiger partial charge in [-0.1, -0.05) is 12.1 Å². The summed E-state index contributed by atoms with van der Waals surface area (Å²) in [4.78, 5) is 59.3. The van der Waals surface area contributed by atoms with Gasteiger partial charge in [-0.3, -0.25) is 14.9 Å². The number of carbonyl (C=O) groups is 4. The highest BCUT2D eigenvalue weighted by molar-refractivity contribution is 5.83. The van der Waals surface area contributed by atoms with Crippen LogP contribution in [0.3, 0.4) is 0 Å². The zero-order chi connectivity index (χ0) is 30.8. The first-order valence-electron chi connectivity index (χ1n) is 12.6. The number of nitro benzene ring substituents is 1. The summed E-state index contributed by atoms with van der Waals surface area (Å²) in [7, 11) is 0. The van der Waals surface area contributed by atoms with Crippen molar-refractivity contribution in [3.8, 4) is 11.5 Å². The Morgan fingerprint density at radius 1 is 0.829 bits per heavy atom. The Labute approximate surface area is 237 Å². The van der Waals surface area contributed by atoms with Gasteiger partial charge in [0.2, 0.25) is 0 Å². The smallest absolute Gasteiger partial charge is 0.460 e. The lowest BCUT2D eigenvalue weighted by Crippen LogP contribution is -2.45. The van der Waals surface area contributed by atoms with Gasteiger partial charge >= 0.3 is 24.2 Å². The normalized spacial score (nSPS) is 12.0. The molecule has 222 valence electrons. The molecule has 1 N–H and O–H groups in total. The fraction of sp³-hybridized carbons (Fsp3) is 0.429. The van der Waals surface area contributed by atoms with Crippen molar-refractivity contribution in [3.05, 3.63) is 64.2 Å². The number of amides is 1. The first-order valence-corrected chi connectivity index (χ1v) is 12.6. The van der Waals surface area contributed by atoms with Crippen LogP contribution < -0.4 is 14.8 Å². The van der Waals surface area contributed by atoms with Crippen molar-refractivity contribution in [2.24, 2.45) is 0 Å². The van der Waals surface area contributed by atoms with Crippen molar-refractivity contribution in [2.45, 2.75) is 78.2 Å². The number of nitrogens with one attached hydrogen (secondary N) is 1. The molecule has 1 amide bonds. The van der Waals surface area contributed by atoms with Gasteiger partial charge in [-0.2, -0.15) is 0 Å². The summed E-state index contributed by atoms with van der Waals surface area (Å²) in [6.07, 6.45) is -2.16. The Morgan fingerprint density at radius 2 is 1.37 bits per heavy atom. The van der Waals surface area contributed by atoms with Crippen molar-refractivity contribution < 1.29 is 47.8 Å². The summed E-state index contributed by atoms with van der Waals surface area (Å²) >= 11 is 0. The van der Waals surface area contributed by atoms with Crippen LogP contribution in [-0.2, 0) is 30.4 Å². The van der Waals surface area contributed by atoms with E-state index in [4.69, 9.17) is 23.7 Å². The highest BCUT2D eigenvalue weighted by Crippen LogP contribution is 2.19. The second kappa shape index (κ2) is 14.1. The molecular weight excluding hydrogens is 540 g/mol. The molecule has 13 heteroatoms. The van der Waals surface area contributed by atoms with Gasteiger partial charge in [0.05, 0.1) is 4.92 Å². The van der Waals surface area contributed by atoms with Gasteiger partial charge in [0, 0.05) is 18.6 Å². The average Bonchev–Trinajstić information content (AvgIpc) is 2.84. The molecule has 0 aliphatic rings. The molecule has 0 aliphatic carbocycles. The largest absolute Gasteiger partial charge is 0.514 e. The van der Waals surface area contributed by atoms with Crippen molar-refractivity contribution in [1.82, 2.24) is 5.32 Å². The molecule has 0 saturated heterocycles. The van der Waals surface area contributed by atoms with Crippen molar-refractivity contribution >= 4 is 29.9 Å². The predicted molar refractivity (Wildman–Crippen MR) is 144 cm³/mol. The third-order valence-corrected chi connectivity index (χ3v) is 4.78. The molecule has 0 aliphatic heterocycles. The molecule has 2 aromatic rings. The summed E-state index contributed by atoms with van der Waals surface area (Å²) in [6, 6.07) is 9.71. The average molecular weight is 575 g/mol. The fourth-order valence-corrected chi connectivity index (χ4v) is 3.11. The van der Waals surface area contributed by atoms with Crippen LogP contribution >= 0.6 is 0 Å². The highest BCUT2D eigenvalue weighted by atomic mass is 16.7. The van der Waals surface area contributed by atoms with E-state index < -0.39 is 46.4 Å². The Bertz CT molecular complexity index is 1230. The molecule has 1 atom stereocenters. The Balaban J connectivity index is 1.90. The van der Waals surface area contributed by atoms with E-state index in [1.807, 2.05) is 0 Å². The maximum atomic E-state index is 12.7. The Morgan fingerprint density at radius 3 is 1.90 bits per heavy atom. The molecule has 0 saturated carbocycles. The minimum atomic E-state index is -1.16. The van der Waals surface area contributed by atoms with E-state index in [0.717, 1.165) is 0 Å². The van der Waals surface area contributed by atoms with Gasteiger partial charge in [0.25, 0.3) is 5.69 Å². The Hall–Kier alpha value is -4.68. The van der Waals surface area contributed by atoms with Gasteiger partial charge in [0.15, 0.2) is 0 Å². The van der Waals surface area contributed by atoms with E-state index in [9.17, 15) is 29.3 Å². The highest BCUT2D eigenvalue weighted by Gasteiger charge is 2.29. The maximum Gasteiger partial charge on any atom is 0.514 e. The lowest BCUT2D eigenvalue weighted by molar-refractivity contribution is -0.384. The topological polar surface area (TPSA) is 170 Å². The number of non-ortho nitro benzene ring substituents is 1.